The maximum Gasteiger partial charge on any atom is 0.198 e. The Morgan fingerprint density at radius 1 is 0.460 bits per heavy atom. The average molecular weight is 643 g/mol. The van der Waals surface area contributed by atoms with Crippen molar-refractivity contribution in [2.45, 2.75) is 19.8 Å². The second kappa shape index (κ2) is 12.3. The van der Waals surface area contributed by atoms with E-state index in [4.69, 9.17) is 14.4 Å². The number of nitrogens with zero attached hydrogens (tertiary/aromatic N) is 2. The van der Waals surface area contributed by atoms with Gasteiger partial charge in [-0.3, -0.25) is 0 Å². The number of para-hydroxylation sites is 1. The third kappa shape index (κ3) is 5.24. The molecule has 2 heterocycles. The van der Waals surface area contributed by atoms with E-state index in [0.717, 1.165) is 67.1 Å². The van der Waals surface area contributed by atoms with E-state index in [0.29, 0.717) is 0 Å². The van der Waals surface area contributed by atoms with E-state index >= 15 is 0 Å². The van der Waals surface area contributed by atoms with E-state index in [1.807, 2.05) is 12.1 Å². The topological polar surface area (TPSA) is 38.9 Å². The summed E-state index contributed by atoms with van der Waals surface area (Å²) in [4.78, 5) is 9.98. The lowest BCUT2D eigenvalue weighted by molar-refractivity contribution is 0.502. The number of hydrogen-bond donors (Lipinski definition) is 0. The molecule has 3 heteroatoms. The lowest BCUT2D eigenvalue weighted by atomic mass is 9.88. The Balaban J connectivity index is 1.17. The third-order valence-electron chi connectivity index (χ3n) is 9.60. The van der Waals surface area contributed by atoms with Crippen LogP contribution >= 0.6 is 0 Å². The number of oxazole rings is 1. The van der Waals surface area contributed by atoms with Crippen molar-refractivity contribution >= 4 is 32.6 Å². The van der Waals surface area contributed by atoms with Crippen molar-refractivity contribution in [1.29, 1.82) is 0 Å². The smallest absolute Gasteiger partial charge is 0.198 e. The summed E-state index contributed by atoms with van der Waals surface area (Å²) in [5.74, 6) is 0.979. The van der Waals surface area contributed by atoms with Gasteiger partial charge in [-0.2, -0.15) is 0 Å². The highest BCUT2D eigenvalue weighted by Crippen LogP contribution is 2.41. The second-order valence-electron chi connectivity index (χ2n) is 13.2. The molecule has 0 atom stereocenters. The van der Waals surface area contributed by atoms with Gasteiger partial charge in [0.1, 0.15) is 5.52 Å². The number of benzene rings is 7. The van der Waals surface area contributed by atoms with Crippen LogP contribution in [0.15, 0.2) is 168 Å². The first-order valence-corrected chi connectivity index (χ1v) is 17.2. The van der Waals surface area contributed by atoms with Gasteiger partial charge in [-0.25, -0.2) is 9.97 Å². The van der Waals surface area contributed by atoms with Crippen LogP contribution in [0, 0.1) is 0 Å². The van der Waals surface area contributed by atoms with E-state index in [1.165, 1.54) is 27.3 Å². The van der Waals surface area contributed by atoms with Crippen molar-refractivity contribution in [2.75, 3.05) is 0 Å². The predicted molar refractivity (Wildman–Crippen MR) is 208 cm³/mol. The highest BCUT2D eigenvalue weighted by atomic mass is 16.3. The summed E-state index contributed by atoms with van der Waals surface area (Å²) < 4.78 is 6.31. The van der Waals surface area contributed by atoms with Crippen molar-refractivity contribution in [2.24, 2.45) is 0 Å². The zero-order valence-corrected chi connectivity index (χ0v) is 28.0. The van der Waals surface area contributed by atoms with Crippen LogP contribution in [0.2, 0.25) is 0 Å². The molecule has 0 unspecified atom stereocenters. The molecule has 50 heavy (non-hydrogen) atoms. The molecule has 0 aliphatic heterocycles. The SMILES string of the molecule is CC(C)c1nc2cccc(-c3cccc(-c4c(-c5ccc(-c6nc(-c7ccccc7)cc7ccccc67)cc5)ccc5ccccc45)c3)c2o1. The molecule has 0 N–H and O–H groups in total. The van der Waals surface area contributed by atoms with Gasteiger partial charge in [0, 0.05) is 28.0 Å². The molecule has 0 aliphatic rings. The number of pyridine rings is 1. The predicted octanol–water partition coefficient (Wildman–Crippen LogP) is 13.0. The van der Waals surface area contributed by atoms with Gasteiger partial charge in [0.2, 0.25) is 0 Å². The van der Waals surface area contributed by atoms with Gasteiger partial charge >= 0.3 is 0 Å². The van der Waals surface area contributed by atoms with Gasteiger partial charge in [0.15, 0.2) is 11.5 Å². The Morgan fingerprint density at radius 3 is 1.96 bits per heavy atom. The van der Waals surface area contributed by atoms with Crippen LogP contribution in [0.1, 0.15) is 25.7 Å². The van der Waals surface area contributed by atoms with Gasteiger partial charge in [-0.1, -0.05) is 159 Å². The molecule has 238 valence electrons. The largest absolute Gasteiger partial charge is 0.440 e. The Hall–Kier alpha value is -6.32. The number of aromatic nitrogens is 2. The van der Waals surface area contributed by atoms with Crippen LogP contribution in [-0.4, -0.2) is 9.97 Å². The minimum absolute atomic E-state index is 0.216. The molecule has 0 saturated carbocycles. The molecule has 3 nitrogen and oxygen atoms in total. The van der Waals surface area contributed by atoms with Crippen LogP contribution in [0.25, 0.3) is 88.5 Å². The first-order valence-electron chi connectivity index (χ1n) is 17.2. The normalized spacial score (nSPS) is 11.6. The van der Waals surface area contributed by atoms with E-state index in [1.54, 1.807) is 0 Å². The van der Waals surface area contributed by atoms with Crippen molar-refractivity contribution < 1.29 is 4.42 Å². The summed E-state index contributed by atoms with van der Waals surface area (Å²) in [5.41, 5.74) is 12.7. The maximum atomic E-state index is 6.31. The first-order chi connectivity index (χ1) is 24.6. The molecule has 2 aromatic heterocycles. The first kappa shape index (κ1) is 29.8. The lowest BCUT2D eigenvalue weighted by Gasteiger charge is -2.16. The quantitative estimate of drug-likeness (QED) is 0.181. The van der Waals surface area contributed by atoms with Crippen LogP contribution in [0.4, 0.5) is 0 Å². The Bertz CT molecular complexity index is 2670. The third-order valence-corrected chi connectivity index (χ3v) is 9.60. The summed E-state index contributed by atoms with van der Waals surface area (Å²) in [6, 6.07) is 58.2. The molecule has 0 spiro atoms. The van der Waals surface area contributed by atoms with Crippen molar-refractivity contribution in [1.82, 2.24) is 9.97 Å². The maximum absolute atomic E-state index is 6.31. The molecule has 0 amide bonds. The van der Waals surface area contributed by atoms with Crippen LogP contribution in [0.5, 0.6) is 0 Å². The van der Waals surface area contributed by atoms with E-state index in [2.05, 4.69) is 166 Å². The number of hydrogen-bond acceptors (Lipinski definition) is 3. The van der Waals surface area contributed by atoms with Crippen molar-refractivity contribution in [3.8, 4) is 55.9 Å². The Labute approximate surface area is 291 Å². The highest BCUT2D eigenvalue weighted by molar-refractivity contribution is 6.05. The fourth-order valence-corrected chi connectivity index (χ4v) is 7.09. The van der Waals surface area contributed by atoms with Gasteiger partial charge in [-0.15, -0.1) is 0 Å². The molecule has 0 aliphatic carbocycles. The zero-order valence-electron chi connectivity index (χ0n) is 28.0. The van der Waals surface area contributed by atoms with Crippen molar-refractivity contribution in [3.05, 3.63) is 170 Å². The minimum atomic E-state index is 0.216. The standard InChI is InChI=1S/C47H34N2O/c1-30(2)47-49-42-21-11-20-41(46(42)50-47)35-16-10-17-37(28-35)44-38-18-8-6-12-31(38)26-27-39(44)32-22-24-34(25-23-32)45-40-19-9-7-15-36(40)29-43(48-45)33-13-4-3-5-14-33/h3-30H,1-2H3. The highest BCUT2D eigenvalue weighted by Gasteiger charge is 2.17. The summed E-state index contributed by atoms with van der Waals surface area (Å²) in [6.07, 6.45) is 0. The minimum Gasteiger partial charge on any atom is -0.440 e. The monoisotopic (exact) mass is 642 g/mol. The molecule has 7 aromatic carbocycles. The zero-order chi connectivity index (χ0) is 33.6. The summed E-state index contributed by atoms with van der Waals surface area (Å²) in [7, 11) is 0. The Kier molecular flexibility index (Phi) is 7.32. The molecule has 9 rings (SSSR count). The van der Waals surface area contributed by atoms with E-state index in [9.17, 15) is 0 Å². The van der Waals surface area contributed by atoms with Crippen LogP contribution in [-0.2, 0) is 0 Å². The Morgan fingerprint density at radius 2 is 1.14 bits per heavy atom. The molecule has 0 bridgehead atoms. The van der Waals surface area contributed by atoms with Gasteiger partial charge in [0.25, 0.3) is 0 Å². The molecule has 9 aromatic rings. The van der Waals surface area contributed by atoms with Crippen LogP contribution < -0.4 is 0 Å². The summed E-state index contributed by atoms with van der Waals surface area (Å²) in [5, 5.41) is 4.75. The summed E-state index contributed by atoms with van der Waals surface area (Å²) >= 11 is 0. The molecular weight excluding hydrogens is 609 g/mol. The van der Waals surface area contributed by atoms with Crippen LogP contribution in [0.3, 0.4) is 0 Å². The molecule has 0 saturated heterocycles. The fraction of sp³-hybridized carbons (Fsp3) is 0.0638. The molecule has 0 radical (unpaired) electrons. The van der Waals surface area contributed by atoms with E-state index < -0.39 is 0 Å². The average Bonchev–Trinajstić information content (AvgIpc) is 3.63. The molecule has 0 fully saturated rings. The van der Waals surface area contributed by atoms with Gasteiger partial charge in [0.05, 0.1) is 11.4 Å². The number of fused-ring (bicyclic) bond motifs is 3. The van der Waals surface area contributed by atoms with Gasteiger partial charge in [-0.05, 0) is 62.2 Å². The van der Waals surface area contributed by atoms with Crippen molar-refractivity contribution in [3.63, 3.8) is 0 Å². The number of rotatable bonds is 6. The summed E-state index contributed by atoms with van der Waals surface area (Å²) in [6.45, 7) is 4.22. The molecular formula is C47H34N2O. The fourth-order valence-electron chi connectivity index (χ4n) is 7.09. The van der Waals surface area contributed by atoms with Gasteiger partial charge < -0.3 is 4.42 Å². The second-order valence-corrected chi connectivity index (χ2v) is 13.2. The lowest BCUT2D eigenvalue weighted by Crippen LogP contribution is -1.92. The van der Waals surface area contributed by atoms with E-state index in [-0.39, 0.29) is 5.92 Å².